The molecule has 0 saturated carbocycles. The number of hydrogen-bond acceptors (Lipinski definition) is 4. The summed E-state index contributed by atoms with van der Waals surface area (Å²) in [5.41, 5.74) is 24.9. The topological polar surface area (TPSA) is 154 Å². The van der Waals surface area contributed by atoms with Gasteiger partial charge in [-0.1, -0.05) is 60.7 Å². The number of guanidine groups is 2. The monoisotopic (exact) mass is 350 g/mol. The van der Waals surface area contributed by atoms with Crippen molar-refractivity contribution in [2.24, 2.45) is 43.3 Å². The van der Waals surface area contributed by atoms with Crippen LogP contribution in [0.25, 0.3) is 0 Å². The standard InChI is InChI=1S/C18H22N8/c19-17(20)25-23-15(13-7-3-1-4-8-13)11-12-16(24-26-18(21)22)14-9-5-2-6-10-14/h1-10H,11-12H2,(H4,19,20,25)(H4,21,22,26)/b23-15+,24-16+. The zero-order chi connectivity index (χ0) is 18.8. The van der Waals surface area contributed by atoms with Gasteiger partial charge in [-0.05, 0) is 24.0 Å². The molecule has 8 N–H and O–H groups in total. The van der Waals surface area contributed by atoms with Crippen LogP contribution in [0.2, 0.25) is 0 Å². The van der Waals surface area contributed by atoms with Gasteiger partial charge in [0.2, 0.25) is 11.9 Å². The van der Waals surface area contributed by atoms with Crippen molar-refractivity contribution >= 4 is 23.3 Å². The van der Waals surface area contributed by atoms with Gasteiger partial charge < -0.3 is 22.9 Å². The van der Waals surface area contributed by atoms with Crippen molar-refractivity contribution < 1.29 is 0 Å². The quantitative estimate of drug-likeness (QED) is 0.335. The molecule has 0 aliphatic rings. The minimum atomic E-state index is -0.101. The molecule has 0 saturated heterocycles. The first-order chi connectivity index (χ1) is 12.6. The Hall–Kier alpha value is -3.68. The van der Waals surface area contributed by atoms with Crippen molar-refractivity contribution in [2.75, 3.05) is 0 Å². The molecular formula is C18H22N8. The van der Waals surface area contributed by atoms with Crippen molar-refractivity contribution in [3.05, 3.63) is 71.8 Å². The van der Waals surface area contributed by atoms with E-state index in [0.29, 0.717) is 12.8 Å². The molecule has 0 fully saturated rings. The first kappa shape index (κ1) is 18.7. The highest BCUT2D eigenvalue weighted by atomic mass is 15.3. The summed E-state index contributed by atoms with van der Waals surface area (Å²) >= 11 is 0. The minimum absolute atomic E-state index is 0.101. The molecule has 26 heavy (non-hydrogen) atoms. The van der Waals surface area contributed by atoms with Crippen LogP contribution in [0.5, 0.6) is 0 Å². The molecule has 0 atom stereocenters. The lowest BCUT2D eigenvalue weighted by molar-refractivity contribution is 1.07. The SMILES string of the molecule is NC(N)=N/N=C(\CC/C(=N\N=C(N)N)c1ccccc1)c1ccccc1. The highest BCUT2D eigenvalue weighted by Gasteiger charge is 2.09. The normalized spacial score (nSPS) is 11.7. The van der Waals surface area contributed by atoms with E-state index in [-0.39, 0.29) is 11.9 Å². The van der Waals surface area contributed by atoms with Gasteiger partial charge in [-0.15, -0.1) is 10.2 Å². The third kappa shape index (κ3) is 6.08. The maximum absolute atomic E-state index is 5.40. The van der Waals surface area contributed by atoms with Crippen LogP contribution < -0.4 is 22.9 Å². The molecule has 2 aromatic rings. The van der Waals surface area contributed by atoms with Crippen molar-refractivity contribution in [1.29, 1.82) is 0 Å². The van der Waals surface area contributed by atoms with E-state index < -0.39 is 0 Å². The Balaban J connectivity index is 2.29. The smallest absolute Gasteiger partial charge is 0.211 e. The number of benzene rings is 2. The fourth-order valence-corrected chi connectivity index (χ4v) is 2.24. The summed E-state index contributed by atoms with van der Waals surface area (Å²) in [5, 5.41) is 15.9. The summed E-state index contributed by atoms with van der Waals surface area (Å²) in [4.78, 5) is 0. The Morgan fingerprint density at radius 1 is 0.538 bits per heavy atom. The summed E-state index contributed by atoms with van der Waals surface area (Å²) in [6, 6.07) is 19.3. The summed E-state index contributed by atoms with van der Waals surface area (Å²) in [6.07, 6.45) is 1.10. The largest absolute Gasteiger partial charge is 0.369 e. The number of nitrogens with two attached hydrogens (primary N) is 4. The van der Waals surface area contributed by atoms with Gasteiger partial charge in [-0.3, -0.25) is 0 Å². The van der Waals surface area contributed by atoms with Crippen molar-refractivity contribution in [3.8, 4) is 0 Å². The third-order valence-corrected chi connectivity index (χ3v) is 3.38. The van der Waals surface area contributed by atoms with E-state index in [1.165, 1.54) is 0 Å². The van der Waals surface area contributed by atoms with Gasteiger partial charge in [0.25, 0.3) is 0 Å². The van der Waals surface area contributed by atoms with Crippen LogP contribution in [0.15, 0.2) is 81.1 Å². The van der Waals surface area contributed by atoms with Gasteiger partial charge in [-0.2, -0.15) is 10.2 Å². The first-order valence-electron chi connectivity index (χ1n) is 7.98. The average Bonchev–Trinajstić information content (AvgIpc) is 2.65. The molecule has 2 rings (SSSR count). The second-order valence-electron chi connectivity index (χ2n) is 5.38. The van der Waals surface area contributed by atoms with E-state index in [9.17, 15) is 0 Å². The molecule has 0 aliphatic carbocycles. The molecule has 0 unspecified atom stereocenters. The highest BCUT2D eigenvalue weighted by molar-refractivity contribution is 6.06. The Morgan fingerprint density at radius 3 is 1.19 bits per heavy atom. The second kappa shape index (κ2) is 9.58. The van der Waals surface area contributed by atoms with Crippen LogP contribution in [0, 0.1) is 0 Å². The fourth-order valence-electron chi connectivity index (χ4n) is 2.24. The number of rotatable bonds is 7. The first-order valence-corrected chi connectivity index (χ1v) is 7.98. The Morgan fingerprint density at radius 2 is 0.885 bits per heavy atom. The van der Waals surface area contributed by atoms with E-state index in [2.05, 4.69) is 20.4 Å². The summed E-state index contributed by atoms with van der Waals surface area (Å²) < 4.78 is 0. The van der Waals surface area contributed by atoms with Crippen LogP contribution in [0.3, 0.4) is 0 Å². The van der Waals surface area contributed by atoms with Gasteiger partial charge >= 0.3 is 0 Å². The van der Waals surface area contributed by atoms with Crippen LogP contribution in [0.1, 0.15) is 24.0 Å². The predicted molar refractivity (Wildman–Crippen MR) is 107 cm³/mol. The predicted octanol–water partition coefficient (Wildman–Crippen LogP) is 1.12. The second-order valence-corrected chi connectivity index (χ2v) is 5.38. The molecule has 0 spiro atoms. The van der Waals surface area contributed by atoms with Gasteiger partial charge in [0.1, 0.15) is 0 Å². The number of hydrogen-bond donors (Lipinski definition) is 4. The van der Waals surface area contributed by atoms with E-state index >= 15 is 0 Å². The zero-order valence-corrected chi connectivity index (χ0v) is 14.3. The maximum Gasteiger partial charge on any atom is 0.211 e. The Kier molecular flexibility index (Phi) is 6.87. The molecule has 0 amide bonds. The van der Waals surface area contributed by atoms with Crippen LogP contribution in [-0.2, 0) is 0 Å². The molecule has 0 bridgehead atoms. The maximum atomic E-state index is 5.40. The lowest BCUT2D eigenvalue weighted by atomic mass is 10.0. The highest BCUT2D eigenvalue weighted by Crippen LogP contribution is 2.12. The van der Waals surface area contributed by atoms with Crippen molar-refractivity contribution in [1.82, 2.24) is 0 Å². The van der Waals surface area contributed by atoms with Crippen molar-refractivity contribution in [2.45, 2.75) is 12.8 Å². The molecule has 0 aromatic heterocycles. The molecular weight excluding hydrogens is 328 g/mol. The lowest BCUT2D eigenvalue weighted by Gasteiger charge is -2.08. The van der Waals surface area contributed by atoms with Gasteiger partial charge in [0.05, 0.1) is 11.4 Å². The molecule has 8 nitrogen and oxygen atoms in total. The molecule has 0 aliphatic heterocycles. The van der Waals surface area contributed by atoms with E-state index in [1.807, 2.05) is 60.7 Å². The van der Waals surface area contributed by atoms with Gasteiger partial charge in [0, 0.05) is 0 Å². The fraction of sp³-hybridized carbons (Fsp3) is 0.111. The minimum Gasteiger partial charge on any atom is -0.369 e. The molecule has 8 heteroatoms. The van der Waals surface area contributed by atoms with E-state index in [1.54, 1.807) is 0 Å². The van der Waals surface area contributed by atoms with Crippen LogP contribution in [0.4, 0.5) is 0 Å². The average molecular weight is 350 g/mol. The molecule has 2 aromatic carbocycles. The molecule has 134 valence electrons. The van der Waals surface area contributed by atoms with Gasteiger partial charge in [-0.25, -0.2) is 0 Å². The number of nitrogens with zero attached hydrogens (tertiary/aromatic N) is 4. The zero-order valence-electron chi connectivity index (χ0n) is 14.3. The summed E-state index contributed by atoms with van der Waals surface area (Å²) in [5.74, 6) is -0.202. The molecule has 0 radical (unpaired) electrons. The summed E-state index contributed by atoms with van der Waals surface area (Å²) in [7, 11) is 0. The van der Waals surface area contributed by atoms with Gasteiger partial charge in [0.15, 0.2) is 0 Å². The van der Waals surface area contributed by atoms with E-state index in [4.69, 9.17) is 22.9 Å². The Bertz CT molecular complexity index is 743. The van der Waals surface area contributed by atoms with E-state index in [0.717, 1.165) is 22.6 Å². The van der Waals surface area contributed by atoms with Crippen LogP contribution >= 0.6 is 0 Å². The Labute approximate surface area is 152 Å². The third-order valence-electron chi connectivity index (χ3n) is 3.38. The summed E-state index contributed by atoms with van der Waals surface area (Å²) in [6.45, 7) is 0. The van der Waals surface area contributed by atoms with Crippen molar-refractivity contribution in [3.63, 3.8) is 0 Å². The van der Waals surface area contributed by atoms with Crippen LogP contribution in [-0.4, -0.2) is 23.3 Å². The molecule has 0 heterocycles. The lowest BCUT2D eigenvalue weighted by Crippen LogP contribution is -2.22.